The number of benzene rings is 3. The average Bonchev–Trinajstić information content (AvgIpc) is 2.68. The molecule has 0 heterocycles. The van der Waals surface area contributed by atoms with E-state index in [0.717, 1.165) is 16.9 Å². The minimum atomic E-state index is -0.386. The summed E-state index contributed by atoms with van der Waals surface area (Å²) in [7, 11) is 0. The van der Waals surface area contributed by atoms with E-state index in [1.807, 2.05) is 87.5 Å². The zero-order valence-corrected chi connectivity index (χ0v) is 17.6. The van der Waals surface area contributed by atoms with Crippen LogP contribution in [0.4, 0.5) is 0 Å². The van der Waals surface area contributed by atoms with Crippen LogP contribution in [0.5, 0.6) is 11.5 Å². The van der Waals surface area contributed by atoms with E-state index in [-0.39, 0.29) is 23.9 Å². The van der Waals surface area contributed by atoms with Gasteiger partial charge in [0.1, 0.15) is 18.1 Å². The Balaban J connectivity index is 1.70. The fourth-order valence-electron chi connectivity index (χ4n) is 3.21. The molecule has 0 bridgehead atoms. The normalized spacial score (nSPS) is 12.3. The first-order valence-electron chi connectivity index (χ1n) is 9.57. The quantitative estimate of drug-likeness (QED) is 0.411. The van der Waals surface area contributed by atoms with Gasteiger partial charge in [0.05, 0.1) is 5.92 Å². The highest BCUT2D eigenvalue weighted by molar-refractivity contribution is 6.30. The Morgan fingerprint density at radius 2 is 1.55 bits per heavy atom. The maximum Gasteiger partial charge on any atom is 0.314 e. The van der Waals surface area contributed by atoms with Gasteiger partial charge in [-0.2, -0.15) is 0 Å². The van der Waals surface area contributed by atoms with Crippen LogP contribution in [0.25, 0.3) is 0 Å². The van der Waals surface area contributed by atoms with Crippen molar-refractivity contribution in [2.45, 2.75) is 33.3 Å². The summed E-state index contributed by atoms with van der Waals surface area (Å²) in [5.74, 6) is 0.824. The van der Waals surface area contributed by atoms with Gasteiger partial charge >= 0.3 is 5.97 Å². The van der Waals surface area contributed by atoms with Gasteiger partial charge < -0.3 is 9.47 Å². The summed E-state index contributed by atoms with van der Waals surface area (Å²) in [4.78, 5) is 12.9. The Hall–Kier alpha value is -2.78. The molecular formula is C25H25ClO3. The number of hydrogen-bond donors (Lipinski definition) is 0. The highest BCUT2D eigenvalue weighted by atomic mass is 35.5. The molecule has 3 nitrogen and oxygen atoms in total. The van der Waals surface area contributed by atoms with E-state index in [2.05, 4.69) is 0 Å². The molecule has 29 heavy (non-hydrogen) atoms. The molecule has 3 aromatic rings. The number of hydrogen-bond acceptors (Lipinski definition) is 3. The van der Waals surface area contributed by atoms with Crippen LogP contribution in [0, 0.1) is 5.41 Å². The highest BCUT2D eigenvalue weighted by Crippen LogP contribution is 2.36. The van der Waals surface area contributed by atoms with Gasteiger partial charge in [-0.05, 0) is 52.9 Å². The molecule has 1 atom stereocenters. The average molecular weight is 409 g/mol. The third-order valence-electron chi connectivity index (χ3n) is 4.56. The second-order valence-electron chi connectivity index (χ2n) is 8.02. The van der Waals surface area contributed by atoms with Crippen LogP contribution in [0.2, 0.25) is 5.02 Å². The lowest BCUT2D eigenvalue weighted by Gasteiger charge is -2.29. The second-order valence-corrected chi connectivity index (χ2v) is 8.46. The molecule has 0 spiro atoms. The number of esters is 1. The van der Waals surface area contributed by atoms with Gasteiger partial charge in [0.15, 0.2) is 0 Å². The van der Waals surface area contributed by atoms with Gasteiger partial charge in [0.25, 0.3) is 0 Å². The van der Waals surface area contributed by atoms with Crippen molar-refractivity contribution in [3.63, 3.8) is 0 Å². The summed E-state index contributed by atoms with van der Waals surface area (Å²) in [6, 6.07) is 24.5. The lowest BCUT2D eigenvalue weighted by Crippen LogP contribution is -2.28. The van der Waals surface area contributed by atoms with Gasteiger partial charge in [-0.1, -0.05) is 74.8 Å². The van der Waals surface area contributed by atoms with E-state index in [1.54, 1.807) is 12.1 Å². The van der Waals surface area contributed by atoms with Gasteiger partial charge in [-0.15, -0.1) is 0 Å². The molecule has 0 fully saturated rings. The first-order chi connectivity index (χ1) is 13.8. The van der Waals surface area contributed by atoms with Crippen molar-refractivity contribution >= 4 is 17.6 Å². The van der Waals surface area contributed by atoms with Crippen LogP contribution in [0.3, 0.4) is 0 Å². The second kappa shape index (κ2) is 9.15. The molecule has 0 N–H and O–H groups in total. The van der Waals surface area contributed by atoms with Crippen LogP contribution in [0.1, 0.15) is 37.8 Å². The molecule has 3 aromatic carbocycles. The standard InChI is InChI=1S/C25H25ClO3/c1-25(2,3)23(19-12-14-20(26)15-13-19)24(27)28-17-18-8-7-11-22(16-18)29-21-9-5-4-6-10-21/h4-16,23H,17H2,1-3H3. The van der Waals surface area contributed by atoms with Crippen molar-refractivity contribution in [2.75, 3.05) is 0 Å². The highest BCUT2D eigenvalue weighted by Gasteiger charge is 2.34. The number of para-hydroxylation sites is 1. The van der Waals surface area contributed by atoms with Gasteiger partial charge in [0.2, 0.25) is 0 Å². The molecule has 0 aromatic heterocycles. The van der Waals surface area contributed by atoms with Crippen molar-refractivity contribution in [3.8, 4) is 11.5 Å². The molecule has 0 saturated heterocycles. The zero-order chi connectivity index (χ0) is 20.9. The maximum atomic E-state index is 12.9. The van der Waals surface area contributed by atoms with Gasteiger partial charge in [-0.25, -0.2) is 0 Å². The minimum absolute atomic E-state index is 0.186. The molecular weight excluding hydrogens is 384 g/mol. The Morgan fingerprint density at radius 1 is 0.897 bits per heavy atom. The number of rotatable bonds is 6. The van der Waals surface area contributed by atoms with E-state index >= 15 is 0 Å². The molecule has 0 radical (unpaired) electrons. The number of carbonyl (C=O) groups excluding carboxylic acids is 1. The summed E-state index contributed by atoms with van der Waals surface area (Å²) in [5, 5.41) is 0.644. The Labute approximate surface area is 177 Å². The van der Waals surface area contributed by atoms with Crippen LogP contribution < -0.4 is 4.74 Å². The SMILES string of the molecule is CC(C)(C)C(C(=O)OCc1cccc(Oc2ccccc2)c1)c1ccc(Cl)cc1. The third kappa shape index (κ3) is 5.85. The van der Waals surface area contributed by atoms with E-state index in [1.165, 1.54) is 0 Å². The Morgan fingerprint density at radius 3 is 2.21 bits per heavy atom. The van der Waals surface area contributed by atoms with E-state index in [0.29, 0.717) is 10.8 Å². The van der Waals surface area contributed by atoms with Crippen LogP contribution in [-0.2, 0) is 16.1 Å². The summed E-state index contributed by atoms with van der Waals surface area (Å²) < 4.78 is 11.5. The Bertz CT molecular complexity index is 944. The Kier molecular flexibility index (Phi) is 6.60. The van der Waals surface area contributed by atoms with Crippen molar-refractivity contribution in [3.05, 3.63) is 95.0 Å². The fraction of sp³-hybridized carbons (Fsp3) is 0.240. The van der Waals surface area contributed by atoms with Crippen LogP contribution in [-0.4, -0.2) is 5.97 Å². The predicted molar refractivity (Wildman–Crippen MR) is 116 cm³/mol. The minimum Gasteiger partial charge on any atom is -0.460 e. The topological polar surface area (TPSA) is 35.5 Å². The molecule has 0 aliphatic rings. The van der Waals surface area contributed by atoms with Crippen molar-refractivity contribution in [2.24, 2.45) is 5.41 Å². The molecule has 150 valence electrons. The summed E-state index contributed by atoms with van der Waals surface area (Å²) in [6.45, 7) is 6.27. The van der Waals surface area contributed by atoms with Crippen molar-refractivity contribution in [1.82, 2.24) is 0 Å². The van der Waals surface area contributed by atoms with E-state index < -0.39 is 0 Å². The lowest BCUT2D eigenvalue weighted by atomic mass is 9.76. The summed E-state index contributed by atoms with van der Waals surface area (Å²) in [6.07, 6.45) is 0. The molecule has 0 aliphatic heterocycles. The molecule has 3 rings (SSSR count). The monoisotopic (exact) mass is 408 g/mol. The van der Waals surface area contributed by atoms with Crippen molar-refractivity contribution < 1.29 is 14.3 Å². The number of carbonyl (C=O) groups is 1. The maximum absolute atomic E-state index is 12.9. The van der Waals surface area contributed by atoms with Crippen LogP contribution >= 0.6 is 11.6 Å². The largest absolute Gasteiger partial charge is 0.460 e. The number of halogens is 1. The zero-order valence-electron chi connectivity index (χ0n) is 16.9. The fourth-order valence-corrected chi connectivity index (χ4v) is 3.33. The van der Waals surface area contributed by atoms with Gasteiger partial charge in [0, 0.05) is 5.02 Å². The molecule has 1 unspecified atom stereocenters. The first-order valence-corrected chi connectivity index (χ1v) is 9.95. The first kappa shape index (κ1) is 20.9. The van der Waals surface area contributed by atoms with Gasteiger partial charge in [-0.3, -0.25) is 4.79 Å². The molecule has 0 saturated carbocycles. The molecule has 0 aliphatic carbocycles. The number of ether oxygens (including phenoxy) is 2. The summed E-state index contributed by atoms with van der Waals surface area (Å²) >= 11 is 6.00. The van der Waals surface area contributed by atoms with Crippen LogP contribution in [0.15, 0.2) is 78.9 Å². The van der Waals surface area contributed by atoms with E-state index in [4.69, 9.17) is 21.1 Å². The smallest absolute Gasteiger partial charge is 0.314 e. The molecule has 4 heteroatoms. The van der Waals surface area contributed by atoms with E-state index in [9.17, 15) is 4.79 Å². The predicted octanol–water partition coefficient (Wildman–Crippen LogP) is 7.01. The molecule has 0 amide bonds. The summed E-state index contributed by atoms with van der Waals surface area (Å²) in [5.41, 5.74) is 1.48. The third-order valence-corrected chi connectivity index (χ3v) is 4.82. The lowest BCUT2D eigenvalue weighted by molar-refractivity contribution is -0.149. The van der Waals surface area contributed by atoms with Crippen molar-refractivity contribution in [1.29, 1.82) is 0 Å².